The molecule has 0 bridgehead atoms. The van der Waals surface area contributed by atoms with Crippen LogP contribution in [-0.4, -0.2) is 46.6 Å². The second-order valence-corrected chi connectivity index (χ2v) is 7.96. The summed E-state index contributed by atoms with van der Waals surface area (Å²) in [6.45, 7) is 1.13. The van der Waals surface area contributed by atoms with Crippen LogP contribution in [0.1, 0.15) is 24.2 Å². The average molecular weight is 460 g/mol. The van der Waals surface area contributed by atoms with Crippen LogP contribution in [-0.2, 0) is 22.3 Å². The fourth-order valence-corrected chi connectivity index (χ4v) is 3.86. The van der Waals surface area contributed by atoms with E-state index in [0.717, 1.165) is 25.0 Å². The van der Waals surface area contributed by atoms with Crippen molar-refractivity contribution in [1.29, 1.82) is 0 Å². The monoisotopic (exact) mass is 460 g/mol. The number of rotatable bonds is 7. The first kappa shape index (κ1) is 22.9. The Morgan fingerprint density at radius 1 is 1.21 bits per heavy atom. The lowest BCUT2D eigenvalue weighted by Crippen LogP contribution is -2.38. The molecule has 4 rings (SSSR count). The van der Waals surface area contributed by atoms with E-state index in [1.54, 1.807) is 29.2 Å². The van der Waals surface area contributed by atoms with Crippen LogP contribution in [0.2, 0.25) is 0 Å². The van der Waals surface area contributed by atoms with Crippen molar-refractivity contribution in [2.45, 2.75) is 31.7 Å². The number of carbonyl (C=O) groups excluding carboxylic acids is 1. The summed E-state index contributed by atoms with van der Waals surface area (Å²) in [5.74, 6) is -0.0842. The summed E-state index contributed by atoms with van der Waals surface area (Å²) in [4.78, 5) is 34.1. The molecule has 33 heavy (non-hydrogen) atoms. The van der Waals surface area contributed by atoms with E-state index in [2.05, 4.69) is 15.3 Å². The molecule has 174 valence electrons. The Bertz CT molecular complexity index is 1190. The Morgan fingerprint density at radius 3 is 2.79 bits per heavy atom. The van der Waals surface area contributed by atoms with Crippen molar-refractivity contribution < 1.29 is 22.7 Å². The molecule has 2 heterocycles. The summed E-state index contributed by atoms with van der Waals surface area (Å²) >= 11 is 0. The van der Waals surface area contributed by atoms with Crippen molar-refractivity contribution in [2.75, 3.05) is 25.0 Å². The Balaban J connectivity index is 1.50. The van der Waals surface area contributed by atoms with Gasteiger partial charge in [0.1, 0.15) is 5.82 Å². The lowest BCUT2D eigenvalue weighted by Gasteiger charge is -2.24. The number of carbonyl (C=O) groups is 1. The first-order chi connectivity index (χ1) is 15.8. The Hall–Kier alpha value is -3.24. The van der Waals surface area contributed by atoms with E-state index in [1.807, 2.05) is 0 Å². The summed E-state index contributed by atoms with van der Waals surface area (Å²) in [6, 6.07) is 11.4. The molecule has 1 saturated heterocycles. The number of nitrogens with zero attached hydrogens (tertiary/aromatic N) is 2. The largest absolute Gasteiger partial charge is 0.416 e. The number of aromatic nitrogens is 2. The number of halogens is 3. The molecule has 0 spiro atoms. The van der Waals surface area contributed by atoms with Crippen molar-refractivity contribution in [3.8, 4) is 0 Å². The first-order valence-corrected chi connectivity index (χ1v) is 10.6. The number of anilines is 1. The van der Waals surface area contributed by atoms with Crippen molar-refractivity contribution in [1.82, 2.24) is 14.9 Å². The topological polar surface area (TPSA) is 87.3 Å². The summed E-state index contributed by atoms with van der Waals surface area (Å²) in [7, 11) is 0. The molecule has 1 unspecified atom stereocenters. The van der Waals surface area contributed by atoms with Gasteiger partial charge >= 0.3 is 6.18 Å². The van der Waals surface area contributed by atoms with Gasteiger partial charge in [-0.25, -0.2) is 4.98 Å². The van der Waals surface area contributed by atoms with Gasteiger partial charge in [0.2, 0.25) is 5.91 Å². The molecule has 7 nitrogen and oxygen atoms in total. The van der Waals surface area contributed by atoms with Gasteiger partial charge in [0.05, 0.1) is 35.7 Å². The second-order valence-electron chi connectivity index (χ2n) is 7.96. The van der Waals surface area contributed by atoms with Crippen molar-refractivity contribution in [3.05, 3.63) is 70.3 Å². The molecule has 3 aromatic rings. The van der Waals surface area contributed by atoms with E-state index in [4.69, 9.17) is 4.74 Å². The SMILES string of the molecule is O=C(CN(Cc1nc2ccccc2c(=O)[nH]1)CC1CCCO1)Nc1cccc(C(F)(F)F)c1. The molecular weight excluding hydrogens is 437 g/mol. The highest BCUT2D eigenvalue weighted by Crippen LogP contribution is 2.30. The summed E-state index contributed by atoms with van der Waals surface area (Å²) in [5, 5.41) is 2.99. The van der Waals surface area contributed by atoms with E-state index < -0.39 is 17.6 Å². The van der Waals surface area contributed by atoms with E-state index in [-0.39, 0.29) is 30.4 Å². The average Bonchev–Trinajstić information content (AvgIpc) is 3.26. The molecular formula is C23H23F3N4O3. The van der Waals surface area contributed by atoms with Gasteiger partial charge < -0.3 is 15.0 Å². The maximum atomic E-state index is 13.0. The predicted molar refractivity (Wildman–Crippen MR) is 117 cm³/mol. The number of benzene rings is 2. The minimum absolute atomic E-state index is 0.0594. The van der Waals surface area contributed by atoms with Crippen LogP contribution in [0.3, 0.4) is 0 Å². The van der Waals surface area contributed by atoms with Crippen molar-refractivity contribution >= 4 is 22.5 Å². The lowest BCUT2D eigenvalue weighted by atomic mass is 10.2. The maximum absolute atomic E-state index is 13.0. The zero-order valence-corrected chi connectivity index (χ0v) is 17.7. The first-order valence-electron chi connectivity index (χ1n) is 10.6. The molecule has 1 aliphatic rings. The quantitative estimate of drug-likeness (QED) is 0.563. The van der Waals surface area contributed by atoms with E-state index in [0.29, 0.717) is 29.9 Å². The van der Waals surface area contributed by atoms with Crippen LogP contribution in [0.4, 0.5) is 18.9 Å². The Kier molecular flexibility index (Phi) is 6.75. The fourth-order valence-electron chi connectivity index (χ4n) is 3.86. The van der Waals surface area contributed by atoms with Crippen LogP contribution in [0.15, 0.2) is 53.3 Å². The highest BCUT2D eigenvalue weighted by Gasteiger charge is 2.30. The number of H-pyrrole nitrogens is 1. The highest BCUT2D eigenvalue weighted by molar-refractivity contribution is 5.92. The Labute approximate surface area is 187 Å². The molecule has 1 amide bonds. The van der Waals surface area contributed by atoms with Gasteiger partial charge in [0.15, 0.2) is 0 Å². The minimum atomic E-state index is -4.50. The Morgan fingerprint density at radius 2 is 2.03 bits per heavy atom. The number of ether oxygens (including phenoxy) is 1. The van der Waals surface area contributed by atoms with Gasteiger partial charge in [0, 0.05) is 18.8 Å². The third-order valence-corrected chi connectivity index (χ3v) is 5.36. The maximum Gasteiger partial charge on any atom is 0.416 e. The van der Waals surface area contributed by atoms with Crippen molar-refractivity contribution in [2.24, 2.45) is 0 Å². The van der Waals surface area contributed by atoms with E-state index in [9.17, 15) is 22.8 Å². The third kappa shape index (κ3) is 5.96. The number of para-hydroxylation sites is 1. The number of amides is 1. The molecule has 10 heteroatoms. The third-order valence-electron chi connectivity index (χ3n) is 5.36. The van der Waals surface area contributed by atoms with Gasteiger partial charge in [-0.2, -0.15) is 13.2 Å². The number of fused-ring (bicyclic) bond motifs is 1. The number of nitrogens with one attached hydrogen (secondary N) is 2. The van der Waals surface area contributed by atoms with Crippen LogP contribution < -0.4 is 10.9 Å². The standard InChI is InChI=1S/C23H23F3N4O3/c24-23(25,26)15-5-3-6-16(11-15)27-21(31)14-30(12-17-7-4-10-33-17)13-20-28-19-9-2-1-8-18(19)22(32)29-20/h1-3,5-6,8-9,11,17H,4,7,10,12-14H2,(H,27,31)(H,28,29,32). The summed E-state index contributed by atoms with van der Waals surface area (Å²) < 4.78 is 44.6. The molecule has 1 aliphatic heterocycles. The molecule has 0 radical (unpaired) electrons. The number of hydrogen-bond acceptors (Lipinski definition) is 5. The van der Waals surface area contributed by atoms with Gasteiger partial charge in [-0.3, -0.25) is 14.5 Å². The van der Waals surface area contributed by atoms with Gasteiger partial charge in [-0.1, -0.05) is 18.2 Å². The van der Waals surface area contributed by atoms with Crippen LogP contribution >= 0.6 is 0 Å². The van der Waals surface area contributed by atoms with Gasteiger partial charge in [-0.05, 0) is 43.2 Å². The smallest absolute Gasteiger partial charge is 0.377 e. The van der Waals surface area contributed by atoms with Crippen LogP contribution in [0.25, 0.3) is 10.9 Å². The molecule has 1 aromatic heterocycles. The van der Waals surface area contributed by atoms with Crippen molar-refractivity contribution in [3.63, 3.8) is 0 Å². The molecule has 2 N–H and O–H groups in total. The van der Waals surface area contributed by atoms with Crippen LogP contribution in [0.5, 0.6) is 0 Å². The molecule has 0 saturated carbocycles. The molecule has 0 aliphatic carbocycles. The minimum Gasteiger partial charge on any atom is -0.377 e. The second kappa shape index (κ2) is 9.72. The number of aromatic amines is 1. The molecule has 1 atom stereocenters. The lowest BCUT2D eigenvalue weighted by molar-refractivity contribution is -0.137. The van der Waals surface area contributed by atoms with Gasteiger partial charge in [0.25, 0.3) is 5.56 Å². The normalized spacial score (nSPS) is 16.4. The summed E-state index contributed by atoms with van der Waals surface area (Å²) in [6.07, 6.45) is -2.81. The number of alkyl halides is 3. The molecule has 1 fully saturated rings. The van der Waals surface area contributed by atoms with E-state index in [1.165, 1.54) is 12.1 Å². The van der Waals surface area contributed by atoms with Gasteiger partial charge in [-0.15, -0.1) is 0 Å². The fraction of sp³-hybridized carbons (Fsp3) is 0.348. The molecule has 2 aromatic carbocycles. The highest BCUT2D eigenvalue weighted by atomic mass is 19.4. The van der Waals surface area contributed by atoms with Crippen LogP contribution in [0, 0.1) is 0 Å². The zero-order chi connectivity index (χ0) is 23.4. The van der Waals surface area contributed by atoms with E-state index >= 15 is 0 Å². The summed E-state index contributed by atoms with van der Waals surface area (Å²) in [5.41, 5.74) is -0.513. The zero-order valence-electron chi connectivity index (χ0n) is 17.7. The number of hydrogen-bond donors (Lipinski definition) is 2. The predicted octanol–water partition coefficient (Wildman–Crippen LogP) is 3.56.